The zero-order valence-corrected chi connectivity index (χ0v) is 14.0. The standard InChI is InChI=1S/C18H21NO3S/c1-15-7-9-16(10-8-15)13-22-18-11-19(12-18)23(20,21)14-17-5-3-2-4-6-17/h2-10,18H,11-14H2,1H3. The Kier molecular flexibility index (Phi) is 4.80. The summed E-state index contributed by atoms with van der Waals surface area (Å²) in [7, 11) is -3.24. The van der Waals surface area contributed by atoms with Gasteiger partial charge in [-0.25, -0.2) is 8.42 Å². The number of hydrogen-bond acceptors (Lipinski definition) is 3. The molecule has 122 valence electrons. The molecule has 0 amide bonds. The van der Waals surface area contributed by atoms with E-state index in [0.717, 1.165) is 11.1 Å². The molecule has 0 aromatic heterocycles. The molecule has 4 nitrogen and oxygen atoms in total. The van der Waals surface area contributed by atoms with E-state index in [0.29, 0.717) is 19.7 Å². The second-order valence-electron chi connectivity index (χ2n) is 5.98. The Balaban J connectivity index is 1.47. The Morgan fingerprint density at radius 1 is 1.00 bits per heavy atom. The monoisotopic (exact) mass is 331 g/mol. The number of ether oxygens (including phenoxy) is 1. The van der Waals surface area contributed by atoms with E-state index in [2.05, 4.69) is 12.1 Å². The van der Waals surface area contributed by atoms with Crippen molar-refractivity contribution < 1.29 is 13.2 Å². The number of sulfonamides is 1. The van der Waals surface area contributed by atoms with Gasteiger partial charge in [0.1, 0.15) is 0 Å². The first-order valence-electron chi connectivity index (χ1n) is 7.72. The highest BCUT2D eigenvalue weighted by Crippen LogP contribution is 2.21. The lowest BCUT2D eigenvalue weighted by molar-refractivity contribution is -0.0296. The minimum Gasteiger partial charge on any atom is -0.371 e. The van der Waals surface area contributed by atoms with Crippen LogP contribution in [0.15, 0.2) is 54.6 Å². The lowest BCUT2D eigenvalue weighted by Gasteiger charge is -2.37. The van der Waals surface area contributed by atoms with Crippen LogP contribution in [0.1, 0.15) is 16.7 Å². The van der Waals surface area contributed by atoms with Crippen molar-refractivity contribution in [1.29, 1.82) is 0 Å². The first kappa shape index (κ1) is 16.2. The van der Waals surface area contributed by atoms with Gasteiger partial charge in [0.05, 0.1) is 18.5 Å². The molecule has 0 bridgehead atoms. The number of benzene rings is 2. The Morgan fingerprint density at radius 2 is 1.65 bits per heavy atom. The summed E-state index contributed by atoms with van der Waals surface area (Å²) in [5.74, 6) is 0.0541. The minimum absolute atomic E-state index is 0.0122. The molecule has 5 heteroatoms. The van der Waals surface area contributed by atoms with E-state index in [9.17, 15) is 8.42 Å². The molecule has 1 fully saturated rings. The van der Waals surface area contributed by atoms with Crippen LogP contribution in [0.4, 0.5) is 0 Å². The number of hydrogen-bond donors (Lipinski definition) is 0. The van der Waals surface area contributed by atoms with E-state index in [1.807, 2.05) is 49.4 Å². The fraction of sp³-hybridized carbons (Fsp3) is 0.333. The van der Waals surface area contributed by atoms with Gasteiger partial charge in [-0.15, -0.1) is 0 Å². The van der Waals surface area contributed by atoms with Gasteiger partial charge in [0.2, 0.25) is 10.0 Å². The molecular weight excluding hydrogens is 310 g/mol. The van der Waals surface area contributed by atoms with E-state index in [1.54, 1.807) is 0 Å². The zero-order chi connectivity index (χ0) is 16.3. The number of rotatable bonds is 6. The van der Waals surface area contributed by atoms with Crippen molar-refractivity contribution in [3.8, 4) is 0 Å². The molecule has 0 saturated carbocycles. The predicted molar refractivity (Wildman–Crippen MR) is 90.4 cm³/mol. The van der Waals surface area contributed by atoms with Crippen molar-refractivity contribution in [3.63, 3.8) is 0 Å². The van der Waals surface area contributed by atoms with E-state index < -0.39 is 10.0 Å². The summed E-state index contributed by atoms with van der Waals surface area (Å²) in [4.78, 5) is 0. The smallest absolute Gasteiger partial charge is 0.218 e. The van der Waals surface area contributed by atoms with Gasteiger partial charge in [0, 0.05) is 13.1 Å². The molecular formula is C18H21NO3S. The quantitative estimate of drug-likeness (QED) is 0.818. The topological polar surface area (TPSA) is 46.6 Å². The van der Waals surface area contributed by atoms with Crippen LogP contribution in [0.5, 0.6) is 0 Å². The van der Waals surface area contributed by atoms with Crippen LogP contribution < -0.4 is 0 Å². The van der Waals surface area contributed by atoms with Gasteiger partial charge < -0.3 is 4.74 Å². The molecule has 1 heterocycles. The minimum atomic E-state index is -3.24. The third kappa shape index (κ3) is 4.19. The average Bonchev–Trinajstić information content (AvgIpc) is 2.48. The molecule has 0 N–H and O–H groups in total. The van der Waals surface area contributed by atoms with Gasteiger partial charge in [-0.05, 0) is 18.1 Å². The van der Waals surface area contributed by atoms with E-state index in [1.165, 1.54) is 9.87 Å². The Labute approximate surface area is 137 Å². The van der Waals surface area contributed by atoms with Gasteiger partial charge in [0.25, 0.3) is 0 Å². The largest absolute Gasteiger partial charge is 0.371 e. The summed E-state index contributed by atoms with van der Waals surface area (Å²) in [5.41, 5.74) is 3.15. The Hall–Kier alpha value is -1.69. The second-order valence-corrected chi connectivity index (χ2v) is 7.95. The van der Waals surface area contributed by atoms with Crippen LogP contribution in [0.25, 0.3) is 0 Å². The van der Waals surface area contributed by atoms with Crippen molar-refractivity contribution in [2.75, 3.05) is 13.1 Å². The predicted octanol–water partition coefficient (Wildman–Crippen LogP) is 2.73. The van der Waals surface area contributed by atoms with Crippen LogP contribution in [-0.4, -0.2) is 31.9 Å². The molecule has 0 atom stereocenters. The van der Waals surface area contributed by atoms with Crippen LogP contribution >= 0.6 is 0 Å². The lowest BCUT2D eigenvalue weighted by atomic mass is 10.1. The van der Waals surface area contributed by atoms with Crippen LogP contribution in [0.3, 0.4) is 0 Å². The molecule has 1 saturated heterocycles. The van der Waals surface area contributed by atoms with Crippen LogP contribution in [-0.2, 0) is 27.1 Å². The number of aryl methyl sites for hydroxylation is 1. The van der Waals surface area contributed by atoms with Gasteiger partial charge in [-0.1, -0.05) is 60.2 Å². The summed E-state index contributed by atoms with van der Waals surface area (Å²) < 4.78 is 31.9. The van der Waals surface area contributed by atoms with Crippen molar-refractivity contribution in [2.45, 2.75) is 25.4 Å². The van der Waals surface area contributed by atoms with E-state index in [4.69, 9.17) is 4.74 Å². The summed E-state index contributed by atoms with van der Waals surface area (Å²) in [5, 5.41) is 0. The fourth-order valence-corrected chi connectivity index (χ4v) is 4.09. The Morgan fingerprint density at radius 3 is 2.30 bits per heavy atom. The average molecular weight is 331 g/mol. The highest BCUT2D eigenvalue weighted by Gasteiger charge is 2.36. The molecule has 3 rings (SSSR count). The molecule has 2 aromatic carbocycles. The number of nitrogens with zero attached hydrogens (tertiary/aromatic N) is 1. The molecule has 0 unspecified atom stereocenters. The molecule has 0 radical (unpaired) electrons. The molecule has 2 aromatic rings. The normalized spacial score (nSPS) is 16.2. The third-order valence-corrected chi connectivity index (χ3v) is 5.79. The summed E-state index contributed by atoms with van der Waals surface area (Å²) >= 11 is 0. The maximum atomic E-state index is 12.3. The molecule has 0 aliphatic carbocycles. The van der Waals surface area contributed by atoms with Crippen molar-refractivity contribution in [3.05, 3.63) is 71.3 Å². The lowest BCUT2D eigenvalue weighted by Crippen LogP contribution is -2.54. The first-order chi connectivity index (χ1) is 11.0. The fourth-order valence-electron chi connectivity index (χ4n) is 2.51. The Bertz CT molecular complexity index is 736. The first-order valence-corrected chi connectivity index (χ1v) is 9.33. The molecule has 1 aliphatic rings. The summed E-state index contributed by atoms with van der Waals surface area (Å²) in [6.45, 7) is 3.46. The molecule has 0 spiro atoms. The SMILES string of the molecule is Cc1ccc(COC2CN(S(=O)(=O)Cc3ccccc3)C2)cc1. The zero-order valence-electron chi connectivity index (χ0n) is 13.2. The van der Waals surface area contributed by atoms with Gasteiger partial charge >= 0.3 is 0 Å². The van der Waals surface area contributed by atoms with E-state index in [-0.39, 0.29) is 11.9 Å². The summed E-state index contributed by atoms with van der Waals surface area (Å²) in [6.07, 6.45) is -0.0122. The van der Waals surface area contributed by atoms with Crippen molar-refractivity contribution in [2.24, 2.45) is 0 Å². The van der Waals surface area contributed by atoms with E-state index >= 15 is 0 Å². The van der Waals surface area contributed by atoms with Gasteiger partial charge in [0.15, 0.2) is 0 Å². The summed E-state index contributed by atoms with van der Waals surface area (Å²) in [6, 6.07) is 17.4. The maximum absolute atomic E-state index is 12.3. The van der Waals surface area contributed by atoms with Crippen LogP contribution in [0, 0.1) is 6.92 Å². The second kappa shape index (κ2) is 6.83. The highest BCUT2D eigenvalue weighted by molar-refractivity contribution is 7.88. The third-order valence-electron chi connectivity index (χ3n) is 4.01. The van der Waals surface area contributed by atoms with Gasteiger partial charge in [-0.2, -0.15) is 4.31 Å². The molecule has 1 aliphatic heterocycles. The molecule has 23 heavy (non-hydrogen) atoms. The van der Waals surface area contributed by atoms with Crippen molar-refractivity contribution in [1.82, 2.24) is 4.31 Å². The highest BCUT2D eigenvalue weighted by atomic mass is 32.2. The van der Waals surface area contributed by atoms with Gasteiger partial charge in [-0.3, -0.25) is 0 Å². The van der Waals surface area contributed by atoms with Crippen molar-refractivity contribution >= 4 is 10.0 Å². The van der Waals surface area contributed by atoms with Crippen LogP contribution in [0.2, 0.25) is 0 Å². The maximum Gasteiger partial charge on any atom is 0.218 e.